The van der Waals surface area contributed by atoms with Crippen LogP contribution in [0.1, 0.15) is 5.56 Å². The van der Waals surface area contributed by atoms with Crippen LogP contribution in [0.2, 0.25) is 0 Å². The number of ether oxygens (including phenoxy) is 1. The zero-order valence-electron chi connectivity index (χ0n) is 8.51. The fraction of sp³-hybridized carbons (Fsp3) is 0.231. The van der Waals surface area contributed by atoms with Gasteiger partial charge in [-0.3, -0.25) is 0 Å². The molecule has 15 heavy (non-hydrogen) atoms. The van der Waals surface area contributed by atoms with E-state index in [0.29, 0.717) is 5.25 Å². The van der Waals surface area contributed by atoms with Gasteiger partial charge in [0.05, 0.1) is 11.9 Å². The predicted octanol–water partition coefficient (Wildman–Crippen LogP) is 3.13. The Morgan fingerprint density at radius 1 is 1.27 bits per heavy atom. The first-order valence-corrected chi connectivity index (χ1v) is 5.92. The van der Waals surface area contributed by atoms with Gasteiger partial charge in [0, 0.05) is 10.8 Å². The van der Waals surface area contributed by atoms with E-state index in [-0.39, 0.29) is 4.75 Å². The minimum atomic E-state index is 0.154. The molecule has 0 saturated carbocycles. The summed E-state index contributed by atoms with van der Waals surface area (Å²) in [4.78, 5) is 0. The van der Waals surface area contributed by atoms with Crippen LogP contribution in [-0.2, 0) is 4.75 Å². The van der Waals surface area contributed by atoms with Crippen molar-refractivity contribution in [3.05, 3.63) is 54.1 Å². The molecule has 1 aliphatic carbocycles. The van der Waals surface area contributed by atoms with Crippen LogP contribution < -0.4 is 4.74 Å². The summed E-state index contributed by atoms with van der Waals surface area (Å²) in [6.07, 6.45) is 8.79. The van der Waals surface area contributed by atoms with Gasteiger partial charge in [0.2, 0.25) is 0 Å². The van der Waals surface area contributed by atoms with Gasteiger partial charge in [0.1, 0.15) is 5.75 Å². The molecule has 1 saturated heterocycles. The van der Waals surface area contributed by atoms with Gasteiger partial charge in [-0.2, -0.15) is 0 Å². The molecule has 0 bridgehead atoms. The maximum atomic E-state index is 5.42. The lowest BCUT2D eigenvalue weighted by molar-refractivity contribution is 0.408. The highest BCUT2D eigenvalue weighted by atomic mass is 32.2. The normalized spacial score (nSPS) is 31.1. The van der Waals surface area contributed by atoms with Gasteiger partial charge >= 0.3 is 0 Å². The summed E-state index contributed by atoms with van der Waals surface area (Å²) in [5, 5.41) is 0.596. The molecule has 0 aromatic heterocycles. The van der Waals surface area contributed by atoms with Crippen molar-refractivity contribution >= 4 is 11.8 Å². The second kappa shape index (κ2) is 3.17. The average molecular weight is 216 g/mol. The molecule has 1 fully saturated rings. The molecule has 0 spiro atoms. The molecule has 1 nitrogen and oxygen atoms in total. The van der Waals surface area contributed by atoms with Crippen molar-refractivity contribution in [1.29, 1.82) is 0 Å². The van der Waals surface area contributed by atoms with Crippen molar-refractivity contribution < 1.29 is 4.74 Å². The Hall–Kier alpha value is -1.15. The molecule has 2 heteroatoms. The maximum absolute atomic E-state index is 5.42. The van der Waals surface area contributed by atoms with Crippen molar-refractivity contribution in [2.45, 2.75) is 10.00 Å². The molecule has 1 heterocycles. The van der Waals surface area contributed by atoms with Crippen LogP contribution in [-0.4, -0.2) is 12.4 Å². The van der Waals surface area contributed by atoms with Crippen molar-refractivity contribution in [3.63, 3.8) is 0 Å². The number of allylic oxidation sites excluding steroid dienone is 2. The predicted molar refractivity (Wildman–Crippen MR) is 64.3 cm³/mol. The molecule has 2 aliphatic rings. The molecule has 1 aliphatic heterocycles. The number of hydrogen-bond acceptors (Lipinski definition) is 2. The number of thioether (sulfide) groups is 1. The van der Waals surface area contributed by atoms with Crippen molar-refractivity contribution in [1.82, 2.24) is 0 Å². The molecule has 2 atom stereocenters. The van der Waals surface area contributed by atoms with E-state index >= 15 is 0 Å². The fourth-order valence-electron chi connectivity index (χ4n) is 2.13. The van der Waals surface area contributed by atoms with E-state index < -0.39 is 0 Å². The zero-order chi connectivity index (χ0) is 10.3. The molecule has 3 rings (SSSR count). The third-order valence-electron chi connectivity index (χ3n) is 2.96. The molecule has 76 valence electrons. The Morgan fingerprint density at radius 3 is 2.93 bits per heavy atom. The Bertz CT molecular complexity index is 450. The Labute approximate surface area is 93.8 Å². The van der Waals surface area contributed by atoms with Gasteiger partial charge in [-0.05, 0) is 6.07 Å². The minimum Gasteiger partial charge on any atom is -0.496 e. The van der Waals surface area contributed by atoms with Crippen LogP contribution in [0.4, 0.5) is 0 Å². The Kier molecular flexibility index (Phi) is 1.93. The highest BCUT2D eigenvalue weighted by molar-refractivity contribution is 8.08. The van der Waals surface area contributed by atoms with E-state index in [0.717, 1.165) is 5.75 Å². The van der Waals surface area contributed by atoms with Crippen LogP contribution in [0.25, 0.3) is 0 Å². The minimum absolute atomic E-state index is 0.154. The van der Waals surface area contributed by atoms with E-state index in [9.17, 15) is 0 Å². The first-order chi connectivity index (χ1) is 7.37. The monoisotopic (exact) mass is 216 g/mol. The van der Waals surface area contributed by atoms with Gasteiger partial charge in [0.25, 0.3) is 0 Å². The number of benzene rings is 1. The number of methoxy groups -OCH3 is 1. The maximum Gasteiger partial charge on any atom is 0.123 e. The van der Waals surface area contributed by atoms with E-state index in [1.807, 2.05) is 23.9 Å². The third kappa shape index (κ3) is 1.25. The Balaban J connectivity index is 2.07. The van der Waals surface area contributed by atoms with Crippen LogP contribution in [0, 0.1) is 0 Å². The summed E-state index contributed by atoms with van der Waals surface area (Å²) in [7, 11) is 1.74. The molecule has 0 radical (unpaired) electrons. The highest BCUT2D eigenvalue weighted by Gasteiger charge is 2.55. The second-order valence-electron chi connectivity index (χ2n) is 3.78. The van der Waals surface area contributed by atoms with E-state index in [1.165, 1.54) is 5.56 Å². The zero-order valence-corrected chi connectivity index (χ0v) is 9.33. The van der Waals surface area contributed by atoms with Crippen molar-refractivity contribution in [2.75, 3.05) is 7.11 Å². The summed E-state index contributed by atoms with van der Waals surface area (Å²) >= 11 is 1.98. The molecule has 1 aromatic carbocycles. The van der Waals surface area contributed by atoms with Gasteiger partial charge in [0.15, 0.2) is 0 Å². The molecule has 0 N–H and O–H groups in total. The van der Waals surface area contributed by atoms with Gasteiger partial charge < -0.3 is 4.74 Å². The van der Waals surface area contributed by atoms with Crippen LogP contribution in [0.15, 0.2) is 48.6 Å². The highest BCUT2D eigenvalue weighted by Crippen LogP contribution is 2.65. The number of para-hydroxylation sites is 1. The van der Waals surface area contributed by atoms with Gasteiger partial charge in [-0.1, -0.05) is 42.5 Å². The van der Waals surface area contributed by atoms with Crippen LogP contribution in [0.3, 0.4) is 0 Å². The smallest absolute Gasteiger partial charge is 0.123 e. The fourth-order valence-corrected chi connectivity index (χ4v) is 3.39. The summed E-state index contributed by atoms with van der Waals surface area (Å²) in [6.45, 7) is 0. The lowest BCUT2D eigenvalue weighted by atomic mass is 9.92. The third-order valence-corrected chi connectivity index (χ3v) is 4.49. The molecule has 0 amide bonds. The van der Waals surface area contributed by atoms with Gasteiger partial charge in [-0.15, -0.1) is 11.8 Å². The standard InChI is InChI=1S/C13H12OS/c1-14-11-7-3-2-6-10(11)13-9-5-4-8-12(13)15-13/h2-9,12H,1H3. The van der Waals surface area contributed by atoms with Gasteiger partial charge in [-0.25, -0.2) is 0 Å². The summed E-state index contributed by atoms with van der Waals surface area (Å²) in [6, 6.07) is 8.29. The molecular weight excluding hydrogens is 204 g/mol. The topological polar surface area (TPSA) is 9.23 Å². The van der Waals surface area contributed by atoms with Crippen molar-refractivity contribution in [3.8, 4) is 5.75 Å². The lowest BCUT2D eigenvalue weighted by Gasteiger charge is -2.15. The first kappa shape index (κ1) is 9.10. The number of fused-ring (bicyclic) bond motifs is 1. The molecular formula is C13H12OS. The Morgan fingerprint density at radius 2 is 2.13 bits per heavy atom. The average Bonchev–Trinajstić information content (AvgIpc) is 3.04. The van der Waals surface area contributed by atoms with E-state index in [4.69, 9.17) is 4.74 Å². The molecule has 2 unspecified atom stereocenters. The second-order valence-corrected chi connectivity index (χ2v) is 5.19. The SMILES string of the molecule is COc1ccccc1C12C=CC=CC1S2. The van der Waals surface area contributed by atoms with E-state index in [1.54, 1.807) is 7.11 Å². The summed E-state index contributed by atoms with van der Waals surface area (Å²) in [5.41, 5.74) is 1.29. The summed E-state index contributed by atoms with van der Waals surface area (Å²) < 4.78 is 5.57. The lowest BCUT2D eigenvalue weighted by Crippen LogP contribution is -2.11. The quantitative estimate of drug-likeness (QED) is 0.702. The van der Waals surface area contributed by atoms with Crippen LogP contribution >= 0.6 is 11.8 Å². The largest absolute Gasteiger partial charge is 0.496 e. The number of rotatable bonds is 2. The summed E-state index contributed by atoms with van der Waals surface area (Å²) in [5.74, 6) is 0.993. The van der Waals surface area contributed by atoms with Crippen molar-refractivity contribution in [2.24, 2.45) is 0 Å². The van der Waals surface area contributed by atoms with E-state index in [2.05, 4.69) is 36.4 Å². The molecule has 1 aromatic rings. The van der Waals surface area contributed by atoms with Crippen LogP contribution in [0.5, 0.6) is 5.75 Å². The number of hydrogen-bond donors (Lipinski definition) is 0. The first-order valence-electron chi connectivity index (χ1n) is 5.04.